The predicted octanol–water partition coefficient (Wildman–Crippen LogP) is 5.45. The standard InChI is InChI=1S/C27H23FN6O2.C14H10BFN2O2.C13H15ClN4O2.C7H3Cl2N3.C6H13NO2.C4H9O.K/c28-23-6-2-1-4-20(23)24-16-21(19-5-3-8-30-26(19)31-24)25-18-7-9-29-17-22(18)27(33-32-25)36-15-12-34-10-13-35-14-11-34;16-12-6-2-1-4-10(12)13-8-11(15(19)20)9-5-3-7-17-14(9)18-13;14-12-10-1-2-15-9-11(10)13(17-16-12)20-8-5-18-3-6-19-7-4-18;8-6-4-1-2-10-3-5(4)7(9)12-11-6;8-4-1-7-2-5-9-6-3-7;1-4(2,3)5;/h1-9,16-17H,10-15H2;1-8,19-20H;1-2,9H,3-8H2;1-3H;8H,1-6H2;1-3H3;/q;;;;;-1;+1. The number of morpholine rings is 3. The number of benzene rings is 2. The Bertz CT molecular complexity index is 4660. The number of fused-ring (bicyclic) bond motifs is 5. The average molecular weight is 1490 g/mol. The van der Waals surface area contributed by atoms with Gasteiger partial charge in [-0.2, -0.15) is 0 Å². The van der Waals surface area contributed by atoms with E-state index in [0.29, 0.717) is 85.3 Å². The molecule has 25 nitrogen and oxygen atoms in total. The van der Waals surface area contributed by atoms with Crippen molar-refractivity contribution in [2.45, 2.75) is 26.4 Å². The molecule has 2 aromatic carbocycles. The summed E-state index contributed by atoms with van der Waals surface area (Å²) < 4.78 is 56.1. The first-order valence-corrected chi connectivity index (χ1v) is 33.8. The maximum Gasteiger partial charge on any atom is 1.00 e. The molecule has 3 saturated heterocycles. The maximum atomic E-state index is 14.6. The van der Waals surface area contributed by atoms with Crippen LogP contribution in [-0.2, 0) is 14.2 Å². The second-order valence-corrected chi connectivity index (χ2v) is 24.9. The molecule has 0 spiro atoms. The number of hydrogen-bond acceptors (Lipinski definition) is 25. The fourth-order valence-corrected chi connectivity index (χ4v) is 11.2. The van der Waals surface area contributed by atoms with Gasteiger partial charge in [0, 0.05) is 157 Å². The van der Waals surface area contributed by atoms with Crippen LogP contribution in [0.4, 0.5) is 8.78 Å². The SMILES string of the molecule is CC(C)(C)[O-].Clc1nnc(Cl)c2cnccc12.Clc1nnc(OCCN2CCOCC2)c2cnccc12.Fc1ccccc1-c1cc(-c2nnc(OCCN3CCOCC3)c3cnccc23)c2cccnc2n1.OB(O)c1cc(-c2ccccc2F)nc2ncccc12.OCCN1CCOCC1.[K+]. The van der Waals surface area contributed by atoms with Crippen molar-refractivity contribution in [2.75, 3.05) is 118 Å². The summed E-state index contributed by atoms with van der Waals surface area (Å²) >= 11 is 17.5. The Morgan fingerprint density at radius 3 is 1.38 bits per heavy atom. The summed E-state index contributed by atoms with van der Waals surface area (Å²) in [5.41, 5.74) is 3.22. The Morgan fingerprint density at radius 2 is 0.893 bits per heavy atom. The third kappa shape index (κ3) is 23.1. The number of hydrogen-bond donors (Lipinski definition) is 3. The van der Waals surface area contributed by atoms with Gasteiger partial charge in [-0.25, -0.2) is 28.7 Å². The molecule has 0 saturated carbocycles. The van der Waals surface area contributed by atoms with Gasteiger partial charge in [-0.3, -0.25) is 29.7 Å². The summed E-state index contributed by atoms with van der Waals surface area (Å²) in [4.78, 5) is 36.5. The van der Waals surface area contributed by atoms with E-state index >= 15 is 0 Å². The summed E-state index contributed by atoms with van der Waals surface area (Å²) in [6, 6.07) is 28.6. The molecule has 0 atom stereocenters. The van der Waals surface area contributed by atoms with Gasteiger partial charge in [0.05, 0.1) is 68.4 Å². The average Bonchev–Trinajstić information content (AvgIpc) is 0.769. The molecule has 3 N–H and O–H groups in total. The quantitative estimate of drug-likeness (QED) is 0.114. The molecule has 3 aliphatic rings. The van der Waals surface area contributed by atoms with Gasteiger partial charge in [-0.05, 0) is 78.3 Å². The molecule has 103 heavy (non-hydrogen) atoms. The number of aliphatic hydroxyl groups is 1. The zero-order valence-corrected chi connectivity index (χ0v) is 62.5. The van der Waals surface area contributed by atoms with Gasteiger partial charge >= 0.3 is 58.5 Å². The van der Waals surface area contributed by atoms with Crippen LogP contribution in [0, 0.1) is 11.6 Å². The minimum absolute atomic E-state index is 0. The summed E-state index contributed by atoms with van der Waals surface area (Å²) in [5.74, 6) is 0.135. The Morgan fingerprint density at radius 1 is 0.485 bits per heavy atom. The molecule has 0 unspecified atom stereocenters. The molecule has 0 radical (unpaired) electrons. The van der Waals surface area contributed by atoms with Gasteiger partial charge in [0.2, 0.25) is 11.8 Å². The van der Waals surface area contributed by atoms with Crippen molar-refractivity contribution in [3.05, 3.63) is 180 Å². The summed E-state index contributed by atoms with van der Waals surface area (Å²) in [5, 5.41) is 68.8. The fourth-order valence-electron chi connectivity index (χ4n) is 10.6. The molecule has 3 fully saturated rings. The fraction of sp³-hybridized carbons (Fsp3) is 0.310. The van der Waals surface area contributed by atoms with E-state index < -0.39 is 18.5 Å². The Hall–Kier alpha value is -7.34. The minimum atomic E-state index is -1.67. The number of nitrogens with zero attached hydrogens (tertiary/aromatic N) is 16. The van der Waals surface area contributed by atoms with Crippen LogP contribution in [0.3, 0.4) is 0 Å². The van der Waals surface area contributed by atoms with Crippen LogP contribution in [0.15, 0.2) is 153 Å². The Labute approximate surface area is 650 Å². The van der Waals surface area contributed by atoms with E-state index in [1.54, 1.807) is 131 Å². The van der Waals surface area contributed by atoms with E-state index in [4.69, 9.17) is 63.6 Å². The monoisotopic (exact) mass is 1490 g/mol. The molecule has 32 heteroatoms. The molecule has 10 aromatic heterocycles. The summed E-state index contributed by atoms with van der Waals surface area (Å²) in [6.07, 6.45) is 13.3. The van der Waals surface area contributed by atoms with E-state index in [-0.39, 0.29) is 69.3 Å². The molecule has 15 rings (SSSR count). The number of aliphatic hydroxyl groups excluding tert-OH is 1. The number of aromatic nitrogens is 13. The second kappa shape index (κ2) is 40.2. The van der Waals surface area contributed by atoms with Gasteiger partial charge in [0.1, 0.15) is 30.5 Å². The van der Waals surface area contributed by atoms with Crippen molar-refractivity contribution in [3.63, 3.8) is 0 Å². The molecule has 530 valence electrons. The number of rotatable bonds is 14. The van der Waals surface area contributed by atoms with Gasteiger partial charge in [-0.1, -0.05) is 85.9 Å². The van der Waals surface area contributed by atoms with Crippen LogP contribution in [0.25, 0.3) is 88.2 Å². The number of halogens is 5. The first-order chi connectivity index (χ1) is 49.5. The number of β-amino-alcohol motifs (C(OH)–C–C–N with tert-alkyl or cyclic N) is 1. The number of pyridine rings is 7. The van der Waals surface area contributed by atoms with Crippen molar-refractivity contribution in [3.8, 4) is 45.5 Å². The van der Waals surface area contributed by atoms with E-state index in [9.17, 15) is 23.9 Å². The largest absolute Gasteiger partial charge is 1.00 e. The molecule has 0 bridgehead atoms. The second-order valence-electron chi connectivity index (χ2n) is 23.8. The first-order valence-electron chi connectivity index (χ1n) is 32.6. The summed E-state index contributed by atoms with van der Waals surface area (Å²) in [7, 11) is -1.67. The van der Waals surface area contributed by atoms with E-state index in [0.717, 1.165) is 142 Å². The van der Waals surface area contributed by atoms with E-state index in [1.165, 1.54) is 18.2 Å². The predicted molar refractivity (Wildman–Crippen MR) is 385 cm³/mol. The van der Waals surface area contributed by atoms with Crippen LogP contribution in [0.5, 0.6) is 11.8 Å². The smallest absolute Gasteiger partial charge is 0.850 e. The normalized spacial score (nSPS) is 14.1. The minimum Gasteiger partial charge on any atom is -0.850 e. The molecule has 12 aromatic rings. The van der Waals surface area contributed by atoms with Crippen molar-refractivity contribution < 1.29 is 104 Å². The molecular formula is C71H73BCl3F2KN16O9. The van der Waals surface area contributed by atoms with Crippen LogP contribution in [-0.4, -0.2) is 226 Å². The first kappa shape index (κ1) is 79.8. The van der Waals surface area contributed by atoms with Gasteiger partial charge in [0.25, 0.3) is 0 Å². The molecule has 0 aliphatic carbocycles. The number of ether oxygens (including phenoxy) is 5. The molecule has 3 aliphatic heterocycles. The van der Waals surface area contributed by atoms with Crippen molar-refractivity contribution in [2.24, 2.45) is 0 Å². The van der Waals surface area contributed by atoms with Crippen molar-refractivity contribution >= 4 is 102 Å². The van der Waals surface area contributed by atoms with Crippen molar-refractivity contribution in [1.82, 2.24) is 80.2 Å². The topological polar surface area (TPSA) is 307 Å². The summed E-state index contributed by atoms with van der Waals surface area (Å²) in [6.45, 7) is 18.9. The van der Waals surface area contributed by atoms with Crippen LogP contribution < -0.4 is 71.4 Å². The third-order valence-electron chi connectivity index (χ3n) is 15.6. The van der Waals surface area contributed by atoms with Crippen LogP contribution >= 0.6 is 34.8 Å². The molecular weight excluding hydrogens is 1420 g/mol. The Balaban J connectivity index is 0.000000158. The van der Waals surface area contributed by atoms with Gasteiger partial charge in [-0.15, -0.1) is 36.2 Å². The van der Waals surface area contributed by atoms with Gasteiger partial charge < -0.3 is 43.9 Å². The Kier molecular flexibility index (Phi) is 31.2. The van der Waals surface area contributed by atoms with Crippen LogP contribution in [0.2, 0.25) is 15.5 Å². The zero-order chi connectivity index (χ0) is 71.8. The zero-order valence-electron chi connectivity index (χ0n) is 57.1. The third-order valence-corrected chi connectivity index (χ3v) is 16.4. The van der Waals surface area contributed by atoms with E-state index in [2.05, 4.69) is 80.2 Å². The molecule has 0 amide bonds. The van der Waals surface area contributed by atoms with Crippen LogP contribution in [0.1, 0.15) is 20.8 Å². The van der Waals surface area contributed by atoms with Gasteiger partial charge in [0.15, 0.2) is 26.8 Å². The van der Waals surface area contributed by atoms with E-state index in [1.807, 2.05) is 24.3 Å². The van der Waals surface area contributed by atoms with Crippen molar-refractivity contribution in [1.29, 1.82) is 0 Å². The molecule has 13 heterocycles. The maximum absolute atomic E-state index is 14.6.